The Balaban J connectivity index is 1.77. The number of nitrogens with one attached hydrogen (secondary N) is 1. The van der Waals surface area contributed by atoms with E-state index in [1.165, 1.54) is 10.4 Å². The summed E-state index contributed by atoms with van der Waals surface area (Å²) in [5.41, 5.74) is 1.30. The first-order chi connectivity index (χ1) is 9.16. The molecule has 0 fully saturated rings. The highest BCUT2D eigenvalue weighted by Crippen LogP contribution is 2.31. The maximum atomic E-state index is 11.9. The molecule has 1 aromatic heterocycles. The van der Waals surface area contributed by atoms with E-state index in [4.69, 9.17) is 5.11 Å². The number of carboxylic acids is 1. The van der Waals surface area contributed by atoms with Crippen LogP contribution in [0.5, 0.6) is 0 Å². The molecular formula is C13H17NO3S2. The number of carbonyl (C=O) groups excluding carboxylic acids is 1. The Bertz CT molecular complexity index is 447. The Labute approximate surface area is 120 Å². The van der Waals surface area contributed by atoms with Crippen LogP contribution in [0.25, 0.3) is 0 Å². The smallest absolute Gasteiger partial charge is 0.303 e. The average Bonchev–Trinajstić information content (AvgIpc) is 2.81. The molecule has 0 unspecified atom stereocenters. The molecule has 4 nitrogen and oxygen atoms in total. The third-order valence-electron chi connectivity index (χ3n) is 2.95. The van der Waals surface area contributed by atoms with Gasteiger partial charge in [-0.05, 0) is 36.6 Å². The Morgan fingerprint density at radius 3 is 2.95 bits per heavy atom. The number of amides is 1. The van der Waals surface area contributed by atoms with Gasteiger partial charge in [-0.1, -0.05) is 0 Å². The molecule has 1 aliphatic heterocycles. The zero-order chi connectivity index (χ0) is 13.7. The van der Waals surface area contributed by atoms with Gasteiger partial charge in [0.25, 0.3) is 5.91 Å². The van der Waals surface area contributed by atoms with Gasteiger partial charge in [-0.25, -0.2) is 0 Å². The third-order valence-corrected chi connectivity index (χ3v) is 5.20. The van der Waals surface area contributed by atoms with Crippen LogP contribution in [-0.2, 0) is 17.0 Å². The molecule has 1 aromatic rings. The van der Waals surface area contributed by atoms with E-state index in [0.717, 1.165) is 22.8 Å². The fourth-order valence-corrected chi connectivity index (χ4v) is 4.24. The largest absolute Gasteiger partial charge is 0.481 e. The van der Waals surface area contributed by atoms with Crippen LogP contribution in [0.2, 0.25) is 0 Å². The highest BCUT2D eigenvalue weighted by Gasteiger charge is 2.17. The van der Waals surface area contributed by atoms with E-state index < -0.39 is 5.97 Å². The second kappa shape index (κ2) is 6.96. The predicted octanol–water partition coefficient (Wildman–Crippen LogP) is 2.52. The molecule has 0 bridgehead atoms. The Morgan fingerprint density at radius 2 is 2.21 bits per heavy atom. The number of rotatable bonds is 6. The van der Waals surface area contributed by atoms with Crippen LogP contribution in [0.4, 0.5) is 0 Å². The molecule has 0 spiro atoms. The van der Waals surface area contributed by atoms with Crippen LogP contribution in [0, 0.1) is 0 Å². The quantitative estimate of drug-likeness (QED) is 0.792. The molecule has 1 amide bonds. The SMILES string of the molecule is O=C(O)CCCCNC(=O)c1cc2c(s1)CCSC2. The average molecular weight is 299 g/mol. The Morgan fingerprint density at radius 1 is 1.37 bits per heavy atom. The molecule has 0 saturated carbocycles. The van der Waals surface area contributed by atoms with Gasteiger partial charge in [-0.15, -0.1) is 11.3 Å². The number of fused-ring (bicyclic) bond motifs is 1. The maximum Gasteiger partial charge on any atom is 0.303 e. The first kappa shape index (κ1) is 14.4. The van der Waals surface area contributed by atoms with Crippen molar-refractivity contribution in [1.29, 1.82) is 0 Å². The fraction of sp³-hybridized carbons (Fsp3) is 0.538. The van der Waals surface area contributed by atoms with Crippen molar-refractivity contribution in [2.45, 2.75) is 31.4 Å². The van der Waals surface area contributed by atoms with Crippen LogP contribution in [-0.4, -0.2) is 29.3 Å². The summed E-state index contributed by atoms with van der Waals surface area (Å²) in [4.78, 5) is 24.4. The van der Waals surface area contributed by atoms with Crippen molar-refractivity contribution < 1.29 is 14.7 Å². The van der Waals surface area contributed by atoms with Crippen LogP contribution in [0.3, 0.4) is 0 Å². The van der Waals surface area contributed by atoms with Crippen molar-refractivity contribution >= 4 is 35.0 Å². The van der Waals surface area contributed by atoms with Gasteiger partial charge in [0.15, 0.2) is 0 Å². The molecule has 0 saturated heterocycles. The van der Waals surface area contributed by atoms with E-state index in [0.29, 0.717) is 19.4 Å². The Hall–Kier alpha value is -1.01. The second-order valence-corrected chi connectivity index (χ2v) is 6.71. The van der Waals surface area contributed by atoms with E-state index in [1.807, 2.05) is 17.8 Å². The van der Waals surface area contributed by atoms with Gasteiger partial charge in [0.05, 0.1) is 4.88 Å². The second-order valence-electron chi connectivity index (χ2n) is 4.47. The van der Waals surface area contributed by atoms with Gasteiger partial charge in [0.2, 0.25) is 0 Å². The van der Waals surface area contributed by atoms with Crippen LogP contribution >= 0.6 is 23.1 Å². The number of aryl methyl sites for hydroxylation is 1. The number of carboxylic acid groups (broad SMARTS) is 1. The predicted molar refractivity (Wildman–Crippen MR) is 78.0 cm³/mol. The number of unbranched alkanes of at least 4 members (excludes halogenated alkanes) is 1. The normalized spacial score (nSPS) is 13.9. The minimum Gasteiger partial charge on any atom is -0.481 e. The molecule has 2 N–H and O–H groups in total. The number of thiophene rings is 1. The first-order valence-corrected chi connectivity index (χ1v) is 8.33. The molecule has 0 atom stereocenters. The van der Waals surface area contributed by atoms with Crippen LogP contribution in [0.15, 0.2) is 6.07 Å². The van der Waals surface area contributed by atoms with E-state index in [2.05, 4.69) is 5.32 Å². The van der Waals surface area contributed by atoms with Crippen LogP contribution < -0.4 is 5.32 Å². The van der Waals surface area contributed by atoms with Gasteiger partial charge in [-0.2, -0.15) is 11.8 Å². The fourth-order valence-electron chi connectivity index (χ4n) is 1.95. The van der Waals surface area contributed by atoms with E-state index in [9.17, 15) is 9.59 Å². The Kier molecular flexibility index (Phi) is 5.27. The summed E-state index contributed by atoms with van der Waals surface area (Å²) in [6, 6.07) is 2.00. The molecule has 19 heavy (non-hydrogen) atoms. The summed E-state index contributed by atoms with van der Waals surface area (Å²) in [5.74, 6) is 1.34. The number of thioether (sulfide) groups is 1. The summed E-state index contributed by atoms with van der Waals surface area (Å²) in [6.45, 7) is 0.545. The lowest BCUT2D eigenvalue weighted by molar-refractivity contribution is -0.137. The van der Waals surface area contributed by atoms with E-state index in [-0.39, 0.29) is 12.3 Å². The number of hydrogen-bond donors (Lipinski definition) is 2. The van der Waals surface area contributed by atoms with Gasteiger partial charge in [0.1, 0.15) is 0 Å². The molecule has 2 heterocycles. The third kappa shape index (κ3) is 4.24. The first-order valence-electron chi connectivity index (χ1n) is 6.36. The van der Waals surface area contributed by atoms with E-state index in [1.54, 1.807) is 11.3 Å². The monoisotopic (exact) mass is 299 g/mol. The minimum atomic E-state index is -0.783. The maximum absolute atomic E-state index is 11.9. The molecular weight excluding hydrogens is 282 g/mol. The molecule has 6 heteroatoms. The molecule has 104 valence electrons. The van der Waals surface area contributed by atoms with E-state index >= 15 is 0 Å². The lowest BCUT2D eigenvalue weighted by Crippen LogP contribution is -2.23. The van der Waals surface area contributed by atoms with Crippen molar-refractivity contribution in [3.05, 3.63) is 21.4 Å². The van der Waals surface area contributed by atoms with Gasteiger partial charge in [0, 0.05) is 23.6 Å². The van der Waals surface area contributed by atoms with Gasteiger partial charge < -0.3 is 10.4 Å². The topological polar surface area (TPSA) is 66.4 Å². The minimum absolute atomic E-state index is 0.0280. The molecule has 2 rings (SSSR count). The van der Waals surface area contributed by atoms with Crippen molar-refractivity contribution in [3.63, 3.8) is 0 Å². The number of carbonyl (C=O) groups is 2. The summed E-state index contributed by atoms with van der Waals surface area (Å²) < 4.78 is 0. The number of hydrogen-bond acceptors (Lipinski definition) is 4. The molecule has 1 aliphatic rings. The van der Waals surface area contributed by atoms with Gasteiger partial charge >= 0.3 is 5.97 Å². The van der Waals surface area contributed by atoms with Crippen molar-refractivity contribution in [2.24, 2.45) is 0 Å². The van der Waals surface area contributed by atoms with Gasteiger partial charge in [-0.3, -0.25) is 9.59 Å². The lowest BCUT2D eigenvalue weighted by atomic mass is 10.2. The molecule has 0 aliphatic carbocycles. The summed E-state index contributed by atoms with van der Waals surface area (Å²) in [7, 11) is 0. The molecule has 0 aromatic carbocycles. The molecule has 0 radical (unpaired) electrons. The zero-order valence-corrected chi connectivity index (χ0v) is 12.2. The highest BCUT2D eigenvalue weighted by molar-refractivity contribution is 7.98. The summed E-state index contributed by atoms with van der Waals surface area (Å²) in [5, 5.41) is 11.4. The highest BCUT2D eigenvalue weighted by atomic mass is 32.2. The van der Waals surface area contributed by atoms with Crippen molar-refractivity contribution in [3.8, 4) is 0 Å². The van der Waals surface area contributed by atoms with Crippen molar-refractivity contribution in [2.75, 3.05) is 12.3 Å². The zero-order valence-electron chi connectivity index (χ0n) is 10.6. The number of aliphatic carboxylic acids is 1. The summed E-state index contributed by atoms with van der Waals surface area (Å²) >= 11 is 3.50. The standard InChI is InChI=1S/C13H17NO3S2/c15-12(16)3-1-2-5-14-13(17)11-7-9-8-18-6-4-10(9)19-11/h7H,1-6,8H2,(H,14,17)(H,15,16). The lowest BCUT2D eigenvalue weighted by Gasteiger charge is -2.08. The van der Waals surface area contributed by atoms with Crippen LogP contribution in [0.1, 0.15) is 39.4 Å². The van der Waals surface area contributed by atoms with Crippen molar-refractivity contribution in [1.82, 2.24) is 5.32 Å². The summed E-state index contributed by atoms with van der Waals surface area (Å²) in [6.07, 6.45) is 2.54.